The van der Waals surface area contributed by atoms with E-state index in [1.165, 1.54) is 0 Å². The molecule has 0 bridgehead atoms. The lowest BCUT2D eigenvalue weighted by molar-refractivity contribution is -0.116. The number of nitrogens with zero attached hydrogens (tertiary/aromatic N) is 1. The molecule has 0 unspecified atom stereocenters. The van der Waals surface area contributed by atoms with E-state index in [4.69, 9.17) is 20.8 Å². The summed E-state index contributed by atoms with van der Waals surface area (Å²) in [6.07, 6.45) is 4.63. The Morgan fingerprint density at radius 1 is 1.36 bits per heavy atom. The second-order valence-corrected chi connectivity index (χ2v) is 7.54. The predicted octanol–water partition coefficient (Wildman–Crippen LogP) is 4.52. The molecule has 150 valence electrons. The molecule has 7 heteroatoms. The van der Waals surface area contributed by atoms with E-state index in [-0.39, 0.29) is 11.8 Å². The molecule has 1 N–H and O–H groups in total. The summed E-state index contributed by atoms with van der Waals surface area (Å²) in [6.45, 7) is 3.25. The second kappa shape index (κ2) is 9.15. The van der Waals surface area contributed by atoms with Crippen LogP contribution in [0.15, 0.2) is 34.9 Å². The van der Waals surface area contributed by atoms with Crippen molar-refractivity contribution >= 4 is 29.1 Å². The molecule has 2 amide bonds. The van der Waals surface area contributed by atoms with Gasteiger partial charge in [0, 0.05) is 30.8 Å². The van der Waals surface area contributed by atoms with Crippen LogP contribution in [0, 0.1) is 12.8 Å². The van der Waals surface area contributed by atoms with Crippen LogP contribution >= 0.6 is 11.6 Å². The molecule has 2 heterocycles. The Hall–Kier alpha value is -2.47. The van der Waals surface area contributed by atoms with E-state index in [1.54, 1.807) is 37.6 Å². The number of amides is 2. The molecule has 1 fully saturated rings. The standard InChI is InChI=1S/C21H25ClN2O4/c1-14-9-11-28-20(14)21(26)24-10-3-4-15(13-24)5-8-19(25)23-16-6-7-18(27-2)17(22)12-16/h6-7,9,11-12,15H,3-5,8,10,13H2,1-2H3,(H,23,25)/t15-/m0/s1. The van der Waals surface area contributed by atoms with Crippen LogP contribution in [0.5, 0.6) is 5.75 Å². The van der Waals surface area contributed by atoms with Gasteiger partial charge in [-0.2, -0.15) is 0 Å². The van der Waals surface area contributed by atoms with Gasteiger partial charge in [-0.05, 0) is 56.4 Å². The second-order valence-electron chi connectivity index (χ2n) is 7.13. The third-order valence-electron chi connectivity index (χ3n) is 5.08. The van der Waals surface area contributed by atoms with E-state index < -0.39 is 0 Å². The Morgan fingerprint density at radius 2 is 2.18 bits per heavy atom. The van der Waals surface area contributed by atoms with Crippen molar-refractivity contribution in [2.75, 3.05) is 25.5 Å². The maximum absolute atomic E-state index is 12.6. The first-order valence-electron chi connectivity index (χ1n) is 9.44. The highest BCUT2D eigenvalue weighted by Crippen LogP contribution is 2.28. The van der Waals surface area contributed by atoms with Crippen LogP contribution in [0.4, 0.5) is 5.69 Å². The van der Waals surface area contributed by atoms with Gasteiger partial charge in [0.25, 0.3) is 5.91 Å². The number of benzene rings is 1. The number of piperidine rings is 1. The first kappa shape index (κ1) is 20.3. The molecule has 28 heavy (non-hydrogen) atoms. The smallest absolute Gasteiger partial charge is 0.289 e. The van der Waals surface area contributed by atoms with Gasteiger partial charge in [-0.15, -0.1) is 0 Å². The molecule has 3 rings (SSSR count). The lowest BCUT2D eigenvalue weighted by Gasteiger charge is -2.32. The van der Waals surface area contributed by atoms with E-state index in [1.807, 2.05) is 11.8 Å². The molecule has 0 aliphatic carbocycles. The number of nitrogens with one attached hydrogen (secondary N) is 1. The average Bonchev–Trinajstić information content (AvgIpc) is 3.12. The predicted molar refractivity (Wildman–Crippen MR) is 108 cm³/mol. The number of methoxy groups -OCH3 is 1. The normalized spacial score (nSPS) is 16.7. The molecule has 0 radical (unpaired) electrons. The van der Waals surface area contributed by atoms with Crippen molar-refractivity contribution in [2.45, 2.75) is 32.6 Å². The lowest BCUT2D eigenvalue weighted by atomic mass is 9.93. The summed E-state index contributed by atoms with van der Waals surface area (Å²) in [7, 11) is 1.55. The largest absolute Gasteiger partial charge is 0.495 e. The number of rotatable bonds is 6. The molecular weight excluding hydrogens is 380 g/mol. The molecule has 1 aromatic carbocycles. The number of hydrogen-bond acceptors (Lipinski definition) is 4. The van der Waals surface area contributed by atoms with Crippen LogP contribution in [-0.2, 0) is 4.79 Å². The number of ether oxygens (including phenoxy) is 1. The lowest BCUT2D eigenvalue weighted by Crippen LogP contribution is -2.40. The van der Waals surface area contributed by atoms with Gasteiger partial charge >= 0.3 is 0 Å². The maximum atomic E-state index is 12.6. The minimum Gasteiger partial charge on any atom is -0.495 e. The Morgan fingerprint density at radius 3 is 2.86 bits per heavy atom. The van der Waals surface area contributed by atoms with E-state index in [2.05, 4.69) is 5.32 Å². The highest BCUT2D eigenvalue weighted by Gasteiger charge is 2.27. The number of hydrogen-bond donors (Lipinski definition) is 1. The van der Waals surface area contributed by atoms with Gasteiger partial charge in [0.05, 0.1) is 18.4 Å². The molecule has 2 aromatic rings. The van der Waals surface area contributed by atoms with Gasteiger partial charge < -0.3 is 19.4 Å². The first-order chi connectivity index (χ1) is 13.5. The van der Waals surface area contributed by atoms with Gasteiger partial charge in [-0.25, -0.2) is 0 Å². The van der Waals surface area contributed by atoms with Crippen molar-refractivity contribution in [1.29, 1.82) is 0 Å². The Labute approximate surface area is 169 Å². The Bertz CT molecular complexity index is 849. The molecule has 0 spiro atoms. The third kappa shape index (κ3) is 4.87. The highest BCUT2D eigenvalue weighted by molar-refractivity contribution is 6.32. The topological polar surface area (TPSA) is 71.8 Å². The van der Waals surface area contributed by atoms with Crippen LogP contribution < -0.4 is 10.1 Å². The quantitative estimate of drug-likeness (QED) is 0.768. The summed E-state index contributed by atoms with van der Waals surface area (Å²) in [5.41, 5.74) is 1.49. The van der Waals surface area contributed by atoms with Crippen LogP contribution in [0.25, 0.3) is 0 Å². The molecule has 1 atom stereocenters. The minimum absolute atomic E-state index is 0.0634. The van der Waals surface area contributed by atoms with Crippen molar-refractivity contribution in [2.24, 2.45) is 5.92 Å². The number of likely N-dealkylation sites (tertiary alicyclic amines) is 1. The fourth-order valence-corrected chi connectivity index (χ4v) is 3.78. The number of carbonyl (C=O) groups is 2. The number of furan rings is 1. The zero-order chi connectivity index (χ0) is 20.1. The zero-order valence-electron chi connectivity index (χ0n) is 16.2. The molecule has 0 saturated carbocycles. The van der Waals surface area contributed by atoms with Crippen LogP contribution in [0.1, 0.15) is 41.8 Å². The summed E-state index contributed by atoms with van der Waals surface area (Å²) in [6, 6.07) is 6.95. The van der Waals surface area contributed by atoms with Crippen LogP contribution in [0.3, 0.4) is 0 Å². The SMILES string of the molecule is COc1ccc(NC(=O)CC[C@@H]2CCCN(C(=O)c3occc3C)C2)cc1Cl. The fraction of sp³-hybridized carbons (Fsp3) is 0.429. The van der Waals surface area contributed by atoms with Gasteiger partial charge in [0.1, 0.15) is 5.75 Å². The summed E-state index contributed by atoms with van der Waals surface area (Å²) in [4.78, 5) is 26.7. The summed E-state index contributed by atoms with van der Waals surface area (Å²) in [5, 5.41) is 3.32. The summed E-state index contributed by atoms with van der Waals surface area (Å²) in [5.74, 6) is 1.16. The first-order valence-corrected chi connectivity index (χ1v) is 9.82. The highest BCUT2D eigenvalue weighted by atomic mass is 35.5. The van der Waals surface area contributed by atoms with Crippen molar-refractivity contribution in [3.8, 4) is 5.75 Å². The van der Waals surface area contributed by atoms with Gasteiger partial charge in [0.2, 0.25) is 5.91 Å². The number of anilines is 1. The Kier molecular flexibility index (Phi) is 6.62. The monoisotopic (exact) mass is 404 g/mol. The zero-order valence-corrected chi connectivity index (χ0v) is 16.9. The van der Waals surface area contributed by atoms with E-state index in [9.17, 15) is 9.59 Å². The number of halogens is 1. The van der Waals surface area contributed by atoms with Crippen molar-refractivity contribution in [3.63, 3.8) is 0 Å². The van der Waals surface area contributed by atoms with E-state index >= 15 is 0 Å². The molecule has 6 nitrogen and oxygen atoms in total. The van der Waals surface area contributed by atoms with Gasteiger partial charge in [-0.3, -0.25) is 9.59 Å². The fourth-order valence-electron chi connectivity index (χ4n) is 3.52. The van der Waals surface area contributed by atoms with E-state index in [0.717, 1.165) is 31.4 Å². The minimum atomic E-state index is -0.0653. The third-order valence-corrected chi connectivity index (χ3v) is 5.37. The van der Waals surface area contributed by atoms with E-state index in [0.29, 0.717) is 41.1 Å². The van der Waals surface area contributed by atoms with Crippen LogP contribution in [-0.4, -0.2) is 36.9 Å². The van der Waals surface area contributed by atoms with Crippen molar-refractivity contribution in [3.05, 3.63) is 46.9 Å². The van der Waals surface area contributed by atoms with Gasteiger partial charge in [-0.1, -0.05) is 11.6 Å². The van der Waals surface area contributed by atoms with Crippen molar-refractivity contribution in [1.82, 2.24) is 4.90 Å². The molecule has 1 aliphatic heterocycles. The summed E-state index contributed by atoms with van der Waals surface area (Å²) < 4.78 is 10.4. The summed E-state index contributed by atoms with van der Waals surface area (Å²) >= 11 is 6.09. The van der Waals surface area contributed by atoms with Crippen molar-refractivity contribution < 1.29 is 18.7 Å². The molecule has 1 aromatic heterocycles. The molecule has 1 saturated heterocycles. The number of aryl methyl sites for hydroxylation is 1. The average molecular weight is 405 g/mol. The number of carbonyl (C=O) groups excluding carboxylic acids is 2. The molecule has 1 aliphatic rings. The molecular formula is C21H25ClN2O4. The van der Waals surface area contributed by atoms with Gasteiger partial charge in [0.15, 0.2) is 5.76 Å². The van der Waals surface area contributed by atoms with Crippen LogP contribution in [0.2, 0.25) is 5.02 Å². The maximum Gasteiger partial charge on any atom is 0.289 e. The Balaban J connectivity index is 1.50.